The average Bonchev–Trinajstić information content (AvgIpc) is 3.15. The predicted molar refractivity (Wildman–Crippen MR) is 116 cm³/mol. The molecule has 0 aliphatic carbocycles. The first kappa shape index (κ1) is 21.0. The minimum Gasteiger partial charge on any atom is -0.354 e. The summed E-state index contributed by atoms with van der Waals surface area (Å²) < 4.78 is 29.9. The number of aromatic nitrogens is 4. The van der Waals surface area contributed by atoms with Gasteiger partial charge in [-0.05, 0) is 25.0 Å². The van der Waals surface area contributed by atoms with Gasteiger partial charge in [0.1, 0.15) is 4.90 Å². The van der Waals surface area contributed by atoms with E-state index in [2.05, 4.69) is 33.6 Å². The zero-order valence-electron chi connectivity index (χ0n) is 17.2. The van der Waals surface area contributed by atoms with Crippen LogP contribution in [0.4, 0.5) is 11.6 Å². The highest BCUT2D eigenvalue weighted by molar-refractivity contribution is 7.92. The lowest BCUT2D eigenvalue weighted by Gasteiger charge is -2.25. The molecule has 0 atom stereocenters. The molecule has 156 valence electrons. The lowest BCUT2D eigenvalue weighted by atomic mass is 10.2. The molecule has 1 N–H and O–H groups in total. The fourth-order valence-corrected chi connectivity index (χ4v) is 4.01. The summed E-state index contributed by atoms with van der Waals surface area (Å²) in [6, 6.07) is 7.49. The molecule has 0 saturated heterocycles. The van der Waals surface area contributed by atoms with E-state index in [1.807, 2.05) is 24.3 Å². The summed E-state index contributed by atoms with van der Waals surface area (Å²) in [5.74, 6) is 0.817. The molecule has 3 rings (SSSR count). The van der Waals surface area contributed by atoms with Crippen molar-refractivity contribution >= 4 is 32.7 Å². The number of hydrogen-bond donors (Lipinski definition) is 1. The van der Waals surface area contributed by atoms with Crippen molar-refractivity contribution in [2.45, 2.75) is 44.4 Å². The maximum atomic E-state index is 12.9. The largest absolute Gasteiger partial charge is 0.354 e. The second kappa shape index (κ2) is 9.21. The highest BCUT2D eigenvalue weighted by atomic mass is 32.2. The Balaban J connectivity index is 2.06. The van der Waals surface area contributed by atoms with Gasteiger partial charge in [0.15, 0.2) is 11.6 Å². The van der Waals surface area contributed by atoms with Gasteiger partial charge in [-0.25, -0.2) is 18.4 Å². The van der Waals surface area contributed by atoms with Crippen LogP contribution >= 0.6 is 0 Å². The molecule has 0 amide bonds. The van der Waals surface area contributed by atoms with Crippen molar-refractivity contribution in [3.05, 3.63) is 36.7 Å². The zero-order chi connectivity index (χ0) is 20.9. The topological polar surface area (TPSA) is 93.0 Å². The predicted octanol–water partition coefficient (Wildman–Crippen LogP) is 3.57. The Labute approximate surface area is 172 Å². The summed E-state index contributed by atoms with van der Waals surface area (Å²) in [6.45, 7) is 5.86. The molecule has 0 spiro atoms. The van der Waals surface area contributed by atoms with Gasteiger partial charge in [-0.1, -0.05) is 38.8 Å². The smallest absolute Gasteiger partial charge is 0.266 e. The van der Waals surface area contributed by atoms with Gasteiger partial charge in [0.25, 0.3) is 10.0 Å². The van der Waals surface area contributed by atoms with Crippen molar-refractivity contribution in [3.8, 4) is 0 Å². The molecule has 9 heteroatoms. The minimum atomic E-state index is -3.82. The monoisotopic (exact) mass is 416 g/mol. The van der Waals surface area contributed by atoms with Gasteiger partial charge in [0.2, 0.25) is 0 Å². The molecular formula is C20H28N6O2S. The minimum absolute atomic E-state index is 0.0922. The maximum Gasteiger partial charge on any atom is 0.266 e. The van der Waals surface area contributed by atoms with E-state index in [0.717, 1.165) is 44.3 Å². The Hall–Kier alpha value is -2.68. The Morgan fingerprint density at radius 3 is 2.21 bits per heavy atom. The van der Waals surface area contributed by atoms with Crippen LogP contribution in [0.1, 0.15) is 39.5 Å². The summed E-state index contributed by atoms with van der Waals surface area (Å²) in [5.41, 5.74) is 1.39. The van der Waals surface area contributed by atoms with Crippen molar-refractivity contribution in [1.82, 2.24) is 19.7 Å². The average molecular weight is 417 g/mol. The van der Waals surface area contributed by atoms with Crippen LogP contribution in [0, 0.1) is 0 Å². The van der Waals surface area contributed by atoms with Crippen LogP contribution in [0.5, 0.6) is 0 Å². The molecule has 0 fully saturated rings. The molecule has 0 unspecified atom stereocenters. The number of nitrogens with zero attached hydrogens (tertiary/aromatic N) is 5. The van der Waals surface area contributed by atoms with Crippen molar-refractivity contribution < 1.29 is 8.42 Å². The lowest BCUT2D eigenvalue weighted by molar-refractivity contribution is 0.600. The number of anilines is 2. The SMILES string of the molecule is CCCCN(CCCC)c1nc2ccccc2nc1NS(=O)(=O)c1cnn(C)c1. The number of benzene rings is 1. The molecule has 0 aliphatic rings. The highest BCUT2D eigenvalue weighted by Crippen LogP contribution is 2.28. The highest BCUT2D eigenvalue weighted by Gasteiger charge is 2.22. The van der Waals surface area contributed by atoms with Gasteiger partial charge in [-0.2, -0.15) is 5.10 Å². The third-order valence-corrected chi connectivity index (χ3v) is 5.93. The number of aryl methyl sites for hydroxylation is 1. The zero-order valence-corrected chi connectivity index (χ0v) is 18.0. The van der Waals surface area contributed by atoms with Gasteiger partial charge in [0, 0.05) is 26.3 Å². The van der Waals surface area contributed by atoms with Crippen molar-refractivity contribution in [2.75, 3.05) is 22.7 Å². The molecule has 0 saturated carbocycles. The second-order valence-electron chi connectivity index (χ2n) is 7.03. The van der Waals surface area contributed by atoms with Crippen LogP contribution in [0.15, 0.2) is 41.6 Å². The van der Waals surface area contributed by atoms with Gasteiger partial charge in [0.05, 0.1) is 17.2 Å². The van der Waals surface area contributed by atoms with E-state index in [-0.39, 0.29) is 10.7 Å². The molecule has 3 aromatic rings. The van der Waals surface area contributed by atoms with E-state index in [1.54, 1.807) is 7.05 Å². The van der Waals surface area contributed by atoms with E-state index in [4.69, 9.17) is 4.98 Å². The summed E-state index contributed by atoms with van der Waals surface area (Å²) >= 11 is 0. The fraction of sp³-hybridized carbons (Fsp3) is 0.450. The van der Waals surface area contributed by atoms with Crippen LogP contribution in [0.2, 0.25) is 0 Å². The molecule has 1 aromatic carbocycles. The molecule has 2 heterocycles. The van der Waals surface area contributed by atoms with Gasteiger partial charge >= 0.3 is 0 Å². The van der Waals surface area contributed by atoms with Crippen LogP contribution in [-0.4, -0.2) is 41.3 Å². The summed E-state index contributed by atoms with van der Waals surface area (Å²) in [7, 11) is -2.14. The fourth-order valence-electron chi connectivity index (χ4n) is 3.02. The normalized spacial score (nSPS) is 11.7. The number of nitrogens with one attached hydrogen (secondary N) is 1. The van der Waals surface area contributed by atoms with Crippen LogP contribution < -0.4 is 9.62 Å². The quantitative estimate of drug-likeness (QED) is 0.543. The first-order valence-corrected chi connectivity index (χ1v) is 11.5. The molecule has 0 bridgehead atoms. The van der Waals surface area contributed by atoms with E-state index in [9.17, 15) is 8.42 Å². The maximum absolute atomic E-state index is 12.9. The van der Waals surface area contributed by atoms with Crippen LogP contribution in [-0.2, 0) is 17.1 Å². The Bertz CT molecular complexity index is 1060. The first-order chi connectivity index (χ1) is 13.9. The third kappa shape index (κ3) is 5.03. The molecule has 0 radical (unpaired) electrons. The second-order valence-corrected chi connectivity index (χ2v) is 8.72. The summed E-state index contributed by atoms with van der Waals surface area (Å²) in [5, 5.41) is 3.96. The van der Waals surface area contributed by atoms with E-state index in [1.165, 1.54) is 17.1 Å². The van der Waals surface area contributed by atoms with Crippen LogP contribution in [0.3, 0.4) is 0 Å². The Kier molecular flexibility index (Phi) is 6.68. The molecular weight excluding hydrogens is 388 g/mol. The van der Waals surface area contributed by atoms with Gasteiger partial charge < -0.3 is 4.90 Å². The molecule has 0 aliphatic heterocycles. The van der Waals surface area contributed by atoms with E-state index >= 15 is 0 Å². The first-order valence-electron chi connectivity index (χ1n) is 9.97. The number of hydrogen-bond acceptors (Lipinski definition) is 6. The van der Waals surface area contributed by atoms with Gasteiger partial charge in [-0.3, -0.25) is 9.40 Å². The molecule has 2 aromatic heterocycles. The van der Waals surface area contributed by atoms with Gasteiger partial charge in [-0.15, -0.1) is 0 Å². The van der Waals surface area contributed by atoms with Crippen LogP contribution in [0.25, 0.3) is 11.0 Å². The number of para-hydroxylation sites is 2. The number of sulfonamides is 1. The van der Waals surface area contributed by atoms with E-state index < -0.39 is 10.0 Å². The Morgan fingerprint density at radius 2 is 1.66 bits per heavy atom. The summed E-state index contributed by atoms with van der Waals surface area (Å²) in [4.78, 5) is 11.6. The number of fused-ring (bicyclic) bond motifs is 1. The molecule has 29 heavy (non-hydrogen) atoms. The lowest BCUT2D eigenvalue weighted by Crippen LogP contribution is -2.28. The van der Waals surface area contributed by atoms with E-state index in [0.29, 0.717) is 11.3 Å². The summed E-state index contributed by atoms with van der Waals surface area (Å²) in [6.07, 6.45) is 6.85. The third-order valence-electron chi connectivity index (χ3n) is 4.64. The standard InChI is InChI=1S/C20H28N6O2S/c1-4-6-12-26(13-7-5-2)20-19(22-17-10-8-9-11-18(17)23-20)24-29(27,28)16-14-21-25(3)15-16/h8-11,14-15H,4-7,12-13H2,1-3H3,(H,22,24). The Morgan fingerprint density at radius 1 is 1.03 bits per heavy atom. The number of rotatable bonds is 10. The van der Waals surface area contributed by atoms with Crippen molar-refractivity contribution in [3.63, 3.8) is 0 Å². The number of unbranched alkanes of at least 4 members (excludes halogenated alkanes) is 2. The van der Waals surface area contributed by atoms with Crippen molar-refractivity contribution in [1.29, 1.82) is 0 Å². The molecule has 8 nitrogen and oxygen atoms in total. The van der Waals surface area contributed by atoms with Crippen molar-refractivity contribution in [2.24, 2.45) is 7.05 Å².